The van der Waals surface area contributed by atoms with E-state index in [0.717, 1.165) is 0 Å². The van der Waals surface area contributed by atoms with Gasteiger partial charge in [-0.1, -0.05) is 17.7 Å². The van der Waals surface area contributed by atoms with Crippen LogP contribution in [0, 0.1) is 0 Å². The average Bonchev–Trinajstić information content (AvgIpc) is 2.29. The van der Waals surface area contributed by atoms with Gasteiger partial charge in [0, 0.05) is 0 Å². The van der Waals surface area contributed by atoms with Crippen molar-refractivity contribution in [1.29, 1.82) is 0 Å². The number of esters is 2. The molecule has 17 heavy (non-hydrogen) atoms. The summed E-state index contributed by atoms with van der Waals surface area (Å²) in [6, 6.07) is 0. The SMILES string of the molecule is C=CCCCC(Cl)(C(=O)OCC)C(=O)OCC. The molecule has 5 heteroatoms. The van der Waals surface area contributed by atoms with Gasteiger partial charge in [0.25, 0.3) is 0 Å². The molecule has 0 unspecified atom stereocenters. The van der Waals surface area contributed by atoms with E-state index in [-0.39, 0.29) is 19.6 Å². The first-order valence-electron chi connectivity index (χ1n) is 5.67. The number of halogens is 1. The normalized spacial score (nSPS) is 10.8. The highest BCUT2D eigenvalue weighted by molar-refractivity contribution is 6.44. The second-order valence-electron chi connectivity index (χ2n) is 3.42. The Balaban J connectivity index is 4.72. The summed E-state index contributed by atoms with van der Waals surface area (Å²) in [5, 5.41) is 0. The first kappa shape index (κ1) is 16.0. The molecule has 0 aromatic carbocycles. The summed E-state index contributed by atoms with van der Waals surface area (Å²) in [4.78, 5) is 21.7. The Hall–Kier alpha value is -1.03. The Bertz CT molecular complexity index is 258. The molecule has 0 heterocycles. The van der Waals surface area contributed by atoms with Crippen molar-refractivity contribution in [2.24, 2.45) is 0 Å². The molecule has 0 fully saturated rings. The van der Waals surface area contributed by atoms with E-state index >= 15 is 0 Å². The third-order valence-electron chi connectivity index (χ3n) is 2.13. The van der Waals surface area contributed by atoms with Crippen LogP contribution in [0.15, 0.2) is 12.7 Å². The minimum Gasteiger partial charge on any atom is -0.464 e. The molecular weight excluding hydrogens is 244 g/mol. The van der Waals surface area contributed by atoms with E-state index < -0.39 is 16.8 Å². The van der Waals surface area contributed by atoms with Gasteiger partial charge in [0.2, 0.25) is 4.87 Å². The Morgan fingerprint density at radius 1 is 1.24 bits per heavy atom. The second-order valence-corrected chi connectivity index (χ2v) is 4.07. The van der Waals surface area contributed by atoms with Gasteiger partial charge in [0.05, 0.1) is 13.2 Å². The minimum atomic E-state index is -1.73. The number of hydrogen-bond donors (Lipinski definition) is 0. The molecule has 98 valence electrons. The number of carbonyl (C=O) groups excluding carboxylic acids is 2. The first-order chi connectivity index (χ1) is 8.02. The molecule has 0 amide bonds. The van der Waals surface area contributed by atoms with Gasteiger partial charge in [0.15, 0.2) is 0 Å². The lowest BCUT2D eigenvalue weighted by molar-refractivity contribution is -0.159. The quantitative estimate of drug-likeness (QED) is 0.222. The van der Waals surface area contributed by atoms with Crippen LogP contribution in [0.2, 0.25) is 0 Å². The van der Waals surface area contributed by atoms with Crippen molar-refractivity contribution in [3.63, 3.8) is 0 Å². The third kappa shape index (κ3) is 4.77. The summed E-state index contributed by atoms with van der Waals surface area (Å²) in [5.41, 5.74) is 0. The van der Waals surface area contributed by atoms with E-state index in [2.05, 4.69) is 6.58 Å². The molecule has 0 rings (SSSR count). The van der Waals surface area contributed by atoms with E-state index in [0.29, 0.717) is 12.8 Å². The van der Waals surface area contributed by atoms with Gasteiger partial charge in [-0.3, -0.25) is 0 Å². The lowest BCUT2D eigenvalue weighted by Crippen LogP contribution is -2.44. The molecule has 0 atom stereocenters. The lowest BCUT2D eigenvalue weighted by Gasteiger charge is -2.22. The maximum Gasteiger partial charge on any atom is 0.338 e. The van der Waals surface area contributed by atoms with Gasteiger partial charge in [-0.05, 0) is 33.1 Å². The highest BCUT2D eigenvalue weighted by atomic mass is 35.5. The van der Waals surface area contributed by atoms with Crippen molar-refractivity contribution in [2.75, 3.05) is 13.2 Å². The van der Waals surface area contributed by atoms with Crippen molar-refractivity contribution in [1.82, 2.24) is 0 Å². The molecule has 0 aromatic heterocycles. The van der Waals surface area contributed by atoms with Crippen LogP contribution in [0.4, 0.5) is 0 Å². The molecular formula is C12H19ClO4. The average molecular weight is 263 g/mol. The van der Waals surface area contributed by atoms with E-state index in [1.54, 1.807) is 19.9 Å². The van der Waals surface area contributed by atoms with Gasteiger partial charge >= 0.3 is 11.9 Å². The molecule has 0 aliphatic heterocycles. The second kappa shape index (κ2) is 8.12. The van der Waals surface area contributed by atoms with Gasteiger partial charge < -0.3 is 9.47 Å². The van der Waals surface area contributed by atoms with E-state index in [1.165, 1.54) is 0 Å². The zero-order valence-corrected chi connectivity index (χ0v) is 11.1. The van der Waals surface area contributed by atoms with Gasteiger partial charge in [0.1, 0.15) is 0 Å². The predicted molar refractivity (Wildman–Crippen MR) is 65.9 cm³/mol. The molecule has 0 saturated carbocycles. The van der Waals surface area contributed by atoms with E-state index in [4.69, 9.17) is 21.1 Å². The van der Waals surface area contributed by atoms with Crippen molar-refractivity contribution in [3.8, 4) is 0 Å². The maximum atomic E-state index is 11.7. The van der Waals surface area contributed by atoms with Crippen molar-refractivity contribution >= 4 is 23.5 Å². The van der Waals surface area contributed by atoms with E-state index in [1.807, 2.05) is 0 Å². The predicted octanol–water partition coefficient (Wildman–Crippen LogP) is 2.45. The number of rotatable bonds is 8. The lowest BCUT2D eigenvalue weighted by atomic mass is 10.0. The zero-order valence-electron chi connectivity index (χ0n) is 10.3. The number of carbonyl (C=O) groups is 2. The molecule has 0 saturated heterocycles. The molecule has 0 spiro atoms. The van der Waals surface area contributed by atoms with Crippen LogP contribution in [-0.2, 0) is 19.1 Å². The molecule has 0 radical (unpaired) electrons. The first-order valence-corrected chi connectivity index (χ1v) is 6.05. The number of alkyl halides is 1. The van der Waals surface area contributed by atoms with Gasteiger partial charge in [-0.2, -0.15) is 0 Å². The fourth-order valence-corrected chi connectivity index (χ4v) is 1.51. The number of hydrogen-bond acceptors (Lipinski definition) is 4. The molecule has 0 aromatic rings. The monoisotopic (exact) mass is 262 g/mol. The van der Waals surface area contributed by atoms with Crippen LogP contribution in [0.5, 0.6) is 0 Å². The Kier molecular flexibility index (Phi) is 7.63. The molecule has 0 N–H and O–H groups in total. The smallest absolute Gasteiger partial charge is 0.338 e. The Morgan fingerprint density at radius 2 is 1.71 bits per heavy atom. The highest BCUT2D eigenvalue weighted by Crippen LogP contribution is 2.26. The number of ether oxygens (including phenoxy) is 2. The largest absolute Gasteiger partial charge is 0.464 e. The minimum absolute atomic E-state index is 0.175. The van der Waals surface area contributed by atoms with Crippen LogP contribution in [0.3, 0.4) is 0 Å². The molecule has 4 nitrogen and oxygen atoms in total. The summed E-state index contributed by atoms with van der Waals surface area (Å²) < 4.78 is 9.62. The van der Waals surface area contributed by atoms with Crippen molar-refractivity contribution < 1.29 is 19.1 Å². The summed E-state index contributed by atoms with van der Waals surface area (Å²) in [7, 11) is 0. The summed E-state index contributed by atoms with van der Waals surface area (Å²) in [6.07, 6.45) is 3.13. The van der Waals surface area contributed by atoms with Crippen molar-refractivity contribution in [2.45, 2.75) is 38.0 Å². The van der Waals surface area contributed by atoms with Gasteiger partial charge in [-0.25, -0.2) is 9.59 Å². The zero-order chi connectivity index (χ0) is 13.3. The van der Waals surface area contributed by atoms with Crippen LogP contribution in [0.25, 0.3) is 0 Å². The summed E-state index contributed by atoms with van der Waals surface area (Å²) >= 11 is 6.05. The van der Waals surface area contributed by atoms with Crippen LogP contribution in [0.1, 0.15) is 33.1 Å². The Morgan fingerprint density at radius 3 is 2.06 bits per heavy atom. The summed E-state index contributed by atoms with van der Waals surface area (Å²) in [6.45, 7) is 7.23. The van der Waals surface area contributed by atoms with Crippen molar-refractivity contribution in [3.05, 3.63) is 12.7 Å². The molecule has 0 bridgehead atoms. The fraction of sp³-hybridized carbons (Fsp3) is 0.667. The molecule has 0 aliphatic rings. The van der Waals surface area contributed by atoms with Gasteiger partial charge in [-0.15, -0.1) is 6.58 Å². The standard InChI is InChI=1S/C12H19ClO4/c1-4-7-8-9-12(13,10(14)16-5-2)11(15)17-6-3/h4H,1,5-9H2,2-3H3. The van der Waals surface area contributed by atoms with E-state index in [9.17, 15) is 9.59 Å². The fourth-order valence-electron chi connectivity index (χ4n) is 1.27. The Labute approximate surface area is 107 Å². The maximum absolute atomic E-state index is 11.7. The third-order valence-corrected chi connectivity index (χ3v) is 2.63. The number of unbranched alkanes of at least 4 members (excludes halogenated alkanes) is 1. The topological polar surface area (TPSA) is 52.6 Å². The molecule has 0 aliphatic carbocycles. The van der Waals surface area contributed by atoms with Crippen LogP contribution >= 0.6 is 11.6 Å². The van der Waals surface area contributed by atoms with Crippen LogP contribution in [-0.4, -0.2) is 30.0 Å². The summed E-state index contributed by atoms with van der Waals surface area (Å²) in [5.74, 6) is -1.49. The number of allylic oxidation sites excluding steroid dienone is 1. The van der Waals surface area contributed by atoms with Crippen LogP contribution < -0.4 is 0 Å². The highest BCUT2D eigenvalue weighted by Gasteiger charge is 2.46.